The van der Waals surface area contributed by atoms with Crippen molar-refractivity contribution in [3.63, 3.8) is 0 Å². The number of nitrogens with zero attached hydrogens (tertiary/aromatic N) is 1. The first-order valence-corrected chi connectivity index (χ1v) is 6.00. The van der Waals surface area contributed by atoms with Crippen LogP contribution < -0.4 is 10.6 Å². The fourth-order valence-electron chi connectivity index (χ4n) is 1.39. The van der Waals surface area contributed by atoms with Crippen molar-refractivity contribution in [2.24, 2.45) is 0 Å². The van der Waals surface area contributed by atoms with Gasteiger partial charge in [0, 0.05) is 13.6 Å². The smallest absolute Gasteiger partial charge is 0.328 e. The standard InChI is InChI=1S/C11H21N3O5/c1-4-5-14(6-8(16)12-3)11(19)13-9(7(2)15)10(17)18/h7,9,15H,4-6H2,1-3H3,(H,12,16)(H,13,19)(H,17,18). The van der Waals surface area contributed by atoms with E-state index >= 15 is 0 Å². The highest BCUT2D eigenvalue weighted by Crippen LogP contribution is 1.98. The van der Waals surface area contributed by atoms with Crippen molar-refractivity contribution in [1.29, 1.82) is 0 Å². The third-order valence-corrected chi connectivity index (χ3v) is 2.42. The Labute approximate surface area is 111 Å². The topological polar surface area (TPSA) is 119 Å². The molecule has 4 N–H and O–H groups in total. The number of aliphatic hydroxyl groups is 1. The highest BCUT2D eigenvalue weighted by Gasteiger charge is 2.27. The molecule has 0 aliphatic carbocycles. The number of aliphatic hydroxyl groups excluding tert-OH is 1. The number of aliphatic carboxylic acids is 1. The molecule has 0 aliphatic rings. The molecule has 0 aromatic carbocycles. The van der Waals surface area contributed by atoms with Crippen LogP contribution in [0.1, 0.15) is 20.3 Å². The molecular formula is C11H21N3O5. The van der Waals surface area contributed by atoms with Crippen LogP contribution in [-0.4, -0.2) is 65.3 Å². The van der Waals surface area contributed by atoms with Gasteiger partial charge in [0.05, 0.1) is 6.10 Å². The average molecular weight is 275 g/mol. The van der Waals surface area contributed by atoms with Crippen LogP contribution in [0.4, 0.5) is 4.79 Å². The van der Waals surface area contributed by atoms with Gasteiger partial charge in [-0.25, -0.2) is 9.59 Å². The summed E-state index contributed by atoms with van der Waals surface area (Å²) in [6.45, 7) is 3.24. The van der Waals surface area contributed by atoms with Crippen LogP contribution >= 0.6 is 0 Å². The van der Waals surface area contributed by atoms with Gasteiger partial charge in [0.25, 0.3) is 0 Å². The van der Waals surface area contributed by atoms with E-state index in [1.54, 1.807) is 0 Å². The first-order valence-electron chi connectivity index (χ1n) is 6.00. The lowest BCUT2D eigenvalue weighted by Gasteiger charge is -2.25. The number of rotatable bonds is 7. The lowest BCUT2D eigenvalue weighted by molar-refractivity contribution is -0.141. The highest BCUT2D eigenvalue weighted by atomic mass is 16.4. The second-order valence-electron chi connectivity index (χ2n) is 4.10. The zero-order chi connectivity index (χ0) is 15.0. The van der Waals surface area contributed by atoms with Crippen molar-refractivity contribution < 1.29 is 24.6 Å². The SMILES string of the molecule is CCCN(CC(=O)NC)C(=O)NC(C(=O)O)C(C)O. The predicted octanol–water partition coefficient (Wildman–Crippen LogP) is -1.01. The van der Waals surface area contributed by atoms with Crippen LogP contribution in [0, 0.1) is 0 Å². The molecule has 0 aromatic rings. The summed E-state index contributed by atoms with van der Waals surface area (Å²) < 4.78 is 0. The normalized spacial score (nSPS) is 13.3. The van der Waals surface area contributed by atoms with Crippen molar-refractivity contribution in [3.05, 3.63) is 0 Å². The molecule has 0 fully saturated rings. The molecule has 8 heteroatoms. The Morgan fingerprint density at radius 2 is 1.89 bits per heavy atom. The molecule has 0 bridgehead atoms. The second-order valence-corrected chi connectivity index (χ2v) is 4.10. The van der Waals surface area contributed by atoms with Crippen molar-refractivity contribution in [2.45, 2.75) is 32.4 Å². The maximum Gasteiger partial charge on any atom is 0.328 e. The Morgan fingerprint density at radius 1 is 1.32 bits per heavy atom. The predicted molar refractivity (Wildman–Crippen MR) is 67.6 cm³/mol. The lowest BCUT2D eigenvalue weighted by atomic mass is 10.2. The zero-order valence-electron chi connectivity index (χ0n) is 11.3. The molecule has 0 rings (SSSR count). The van der Waals surface area contributed by atoms with Crippen molar-refractivity contribution in [3.8, 4) is 0 Å². The number of hydrogen-bond acceptors (Lipinski definition) is 4. The summed E-state index contributed by atoms with van der Waals surface area (Å²) >= 11 is 0. The molecule has 2 unspecified atom stereocenters. The molecular weight excluding hydrogens is 254 g/mol. The van der Waals surface area contributed by atoms with Crippen molar-refractivity contribution in [1.82, 2.24) is 15.5 Å². The Kier molecular flexibility index (Phi) is 7.50. The fraction of sp³-hybridized carbons (Fsp3) is 0.727. The molecule has 0 radical (unpaired) electrons. The van der Waals surface area contributed by atoms with Gasteiger partial charge in [0.2, 0.25) is 5.91 Å². The number of carboxylic acid groups (broad SMARTS) is 1. The van der Waals surface area contributed by atoms with Crippen LogP contribution in [0.15, 0.2) is 0 Å². The van der Waals surface area contributed by atoms with Gasteiger partial charge in [-0.15, -0.1) is 0 Å². The van der Waals surface area contributed by atoms with Crippen molar-refractivity contribution >= 4 is 17.9 Å². The van der Waals surface area contributed by atoms with Gasteiger partial charge < -0.3 is 25.7 Å². The number of carboxylic acids is 1. The van der Waals surface area contributed by atoms with E-state index in [4.69, 9.17) is 5.11 Å². The maximum absolute atomic E-state index is 11.9. The van der Waals surface area contributed by atoms with Crippen LogP contribution in [0.2, 0.25) is 0 Å². The minimum absolute atomic E-state index is 0.164. The molecule has 0 saturated heterocycles. The summed E-state index contributed by atoms with van der Waals surface area (Å²) in [7, 11) is 1.44. The summed E-state index contributed by atoms with van der Waals surface area (Å²) in [6, 6.07) is -2.10. The zero-order valence-corrected chi connectivity index (χ0v) is 11.3. The molecule has 0 saturated carbocycles. The van der Waals surface area contributed by atoms with Gasteiger partial charge in [-0.05, 0) is 13.3 Å². The summed E-state index contributed by atoms with van der Waals surface area (Å²) in [4.78, 5) is 35.2. The number of carbonyl (C=O) groups excluding carboxylic acids is 2. The van der Waals surface area contributed by atoms with Gasteiger partial charge in [0.1, 0.15) is 6.54 Å². The van der Waals surface area contributed by atoms with E-state index in [0.29, 0.717) is 13.0 Å². The summed E-state index contributed by atoms with van der Waals surface area (Å²) in [6.07, 6.45) is -0.610. The van der Waals surface area contributed by atoms with E-state index < -0.39 is 24.1 Å². The van der Waals surface area contributed by atoms with E-state index in [2.05, 4.69) is 10.6 Å². The van der Waals surface area contributed by atoms with E-state index in [1.165, 1.54) is 18.9 Å². The van der Waals surface area contributed by atoms with Gasteiger partial charge >= 0.3 is 12.0 Å². The number of nitrogens with one attached hydrogen (secondary N) is 2. The number of hydrogen-bond donors (Lipinski definition) is 4. The minimum atomic E-state index is -1.41. The van der Waals surface area contributed by atoms with E-state index in [0.717, 1.165) is 0 Å². The van der Waals surface area contributed by atoms with Crippen LogP contribution in [0.5, 0.6) is 0 Å². The molecule has 19 heavy (non-hydrogen) atoms. The number of carbonyl (C=O) groups is 3. The number of urea groups is 1. The van der Waals surface area contributed by atoms with Gasteiger partial charge in [-0.3, -0.25) is 4.79 Å². The quantitative estimate of drug-likeness (QED) is 0.474. The van der Waals surface area contributed by atoms with Crippen molar-refractivity contribution in [2.75, 3.05) is 20.1 Å². The molecule has 3 amide bonds. The fourth-order valence-corrected chi connectivity index (χ4v) is 1.39. The summed E-state index contributed by atoms with van der Waals surface area (Å²) in [5, 5.41) is 22.7. The first-order chi connectivity index (χ1) is 8.83. The van der Waals surface area contributed by atoms with Gasteiger partial charge in [-0.1, -0.05) is 6.92 Å². The largest absolute Gasteiger partial charge is 0.480 e. The Balaban J connectivity index is 4.70. The summed E-state index contributed by atoms with van der Waals surface area (Å²) in [5.74, 6) is -1.69. The molecule has 0 spiro atoms. The average Bonchev–Trinajstić information content (AvgIpc) is 2.33. The lowest BCUT2D eigenvalue weighted by Crippen LogP contribution is -2.53. The molecule has 0 aliphatic heterocycles. The van der Waals surface area contributed by atoms with E-state index in [9.17, 15) is 19.5 Å². The molecule has 8 nitrogen and oxygen atoms in total. The highest BCUT2D eigenvalue weighted by molar-refractivity contribution is 5.86. The van der Waals surface area contributed by atoms with Crippen LogP contribution in [0.25, 0.3) is 0 Å². The van der Waals surface area contributed by atoms with Gasteiger partial charge in [-0.2, -0.15) is 0 Å². The first kappa shape index (κ1) is 17.2. The third kappa shape index (κ3) is 6.05. The van der Waals surface area contributed by atoms with E-state index in [1.807, 2.05) is 6.92 Å². The summed E-state index contributed by atoms with van der Waals surface area (Å²) in [5.41, 5.74) is 0. The number of amides is 3. The molecule has 0 aromatic heterocycles. The minimum Gasteiger partial charge on any atom is -0.480 e. The molecule has 2 atom stereocenters. The Hall–Kier alpha value is -1.83. The van der Waals surface area contributed by atoms with Crippen LogP contribution in [-0.2, 0) is 9.59 Å². The van der Waals surface area contributed by atoms with Crippen LogP contribution in [0.3, 0.4) is 0 Å². The Bertz CT molecular complexity index is 332. The monoisotopic (exact) mass is 275 g/mol. The Morgan fingerprint density at radius 3 is 2.26 bits per heavy atom. The second kappa shape index (κ2) is 8.30. The molecule has 110 valence electrons. The maximum atomic E-state index is 11.9. The van der Waals surface area contributed by atoms with Gasteiger partial charge in [0.15, 0.2) is 6.04 Å². The third-order valence-electron chi connectivity index (χ3n) is 2.42. The molecule has 0 heterocycles. The van der Waals surface area contributed by atoms with E-state index in [-0.39, 0.29) is 12.5 Å². The number of likely N-dealkylation sites (N-methyl/N-ethyl adjacent to an activating group) is 1.